The maximum Gasteiger partial charge on any atom is 0.326 e. The molecule has 0 saturated carbocycles. The Bertz CT molecular complexity index is 851. The number of benzene rings is 1. The van der Waals surface area contributed by atoms with Gasteiger partial charge in [-0.25, -0.2) is 22.2 Å². The topological polar surface area (TPSA) is 133 Å². The molecule has 0 aliphatic carbocycles. The zero-order valence-electron chi connectivity index (χ0n) is 13.7. The summed E-state index contributed by atoms with van der Waals surface area (Å²) in [5, 5.41) is 10.1. The summed E-state index contributed by atoms with van der Waals surface area (Å²) in [7, 11) is -7.11. The number of hydrogen-bond donors (Lipinski definition) is 3. The van der Waals surface area contributed by atoms with Gasteiger partial charge in [-0.2, -0.15) is 8.42 Å². The molecule has 9 nitrogen and oxygen atoms in total. The Morgan fingerprint density at radius 2 is 2.00 bits per heavy atom. The highest BCUT2D eigenvalue weighted by Gasteiger charge is 2.35. The van der Waals surface area contributed by atoms with Crippen LogP contribution in [-0.4, -0.2) is 47.2 Å². The highest BCUT2D eigenvalue weighted by molar-refractivity contribution is 7.92. The van der Waals surface area contributed by atoms with Crippen molar-refractivity contribution in [2.75, 3.05) is 23.7 Å². The highest BCUT2D eigenvalue weighted by Crippen LogP contribution is 2.31. The molecule has 0 bridgehead atoms. The van der Waals surface area contributed by atoms with Crippen LogP contribution in [0.15, 0.2) is 18.2 Å². The number of anilines is 1. The molecule has 2 rings (SSSR count). The molecule has 1 aromatic rings. The van der Waals surface area contributed by atoms with Crippen LogP contribution in [0.5, 0.6) is 5.75 Å². The number of carbonyl (C=O) groups is 1. The minimum absolute atomic E-state index is 0.0550. The van der Waals surface area contributed by atoms with Crippen LogP contribution in [0, 0.1) is 0 Å². The molecule has 0 aromatic heterocycles. The monoisotopic (exact) mass is 391 g/mol. The summed E-state index contributed by atoms with van der Waals surface area (Å²) in [4.78, 5) is 11.3. The van der Waals surface area contributed by atoms with Crippen molar-refractivity contribution in [2.24, 2.45) is 0 Å². The average Bonchev–Trinajstić information content (AvgIpc) is 2.74. The number of amides is 1. The number of nitrogens with one attached hydrogen (secondary N) is 2. The molecule has 11 heteroatoms. The molecule has 3 N–H and O–H groups in total. The number of sulfonamides is 1. The van der Waals surface area contributed by atoms with E-state index in [4.69, 9.17) is 0 Å². The maximum absolute atomic E-state index is 11.8. The van der Waals surface area contributed by atoms with Crippen molar-refractivity contribution in [1.29, 1.82) is 0 Å². The van der Waals surface area contributed by atoms with Gasteiger partial charge in [0.25, 0.3) is 5.91 Å². The van der Waals surface area contributed by atoms with Gasteiger partial charge in [0.05, 0.1) is 11.9 Å². The molecule has 1 fully saturated rings. The largest absolute Gasteiger partial charge is 0.506 e. The number of hydrogen-bond acceptors (Lipinski definition) is 6. The summed E-state index contributed by atoms with van der Waals surface area (Å²) in [6, 6.07) is 4.64. The minimum atomic E-state index is -3.95. The van der Waals surface area contributed by atoms with Gasteiger partial charge in [-0.3, -0.25) is 4.79 Å². The maximum atomic E-state index is 11.8. The number of carbonyl (C=O) groups excluding carboxylic acids is 1. The van der Waals surface area contributed by atoms with Gasteiger partial charge in [0.2, 0.25) is 10.0 Å². The Kier molecular flexibility index (Phi) is 5.91. The zero-order valence-corrected chi connectivity index (χ0v) is 15.4. The Morgan fingerprint density at radius 1 is 1.28 bits per heavy atom. The number of aryl methyl sites for hydroxylation is 1. The first-order valence-electron chi connectivity index (χ1n) is 7.68. The molecule has 1 aliphatic heterocycles. The lowest BCUT2D eigenvalue weighted by atomic mass is 10.1. The first-order valence-corrected chi connectivity index (χ1v) is 11.0. The van der Waals surface area contributed by atoms with E-state index in [0.29, 0.717) is 19.4 Å². The molecule has 0 spiro atoms. The molecule has 0 atom stereocenters. The van der Waals surface area contributed by atoms with E-state index >= 15 is 0 Å². The van der Waals surface area contributed by atoms with E-state index in [1.807, 2.05) is 4.72 Å². The van der Waals surface area contributed by atoms with Gasteiger partial charge in [-0.1, -0.05) is 12.5 Å². The lowest BCUT2D eigenvalue weighted by Crippen LogP contribution is -2.29. The third-order valence-electron chi connectivity index (χ3n) is 3.64. The Balaban J connectivity index is 1.89. The second-order valence-electron chi connectivity index (χ2n) is 5.84. The molecule has 25 heavy (non-hydrogen) atoms. The number of rotatable bonds is 8. The van der Waals surface area contributed by atoms with Crippen LogP contribution in [0.25, 0.3) is 0 Å². The second-order valence-corrected chi connectivity index (χ2v) is 9.27. The Morgan fingerprint density at radius 3 is 2.56 bits per heavy atom. The van der Waals surface area contributed by atoms with Gasteiger partial charge in [0, 0.05) is 6.54 Å². The van der Waals surface area contributed by atoms with Crippen molar-refractivity contribution >= 4 is 31.8 Å². The van der Waals surface area contributed by atoms with Crippen molar-refractivity contribution in [3.8, 4) is 5.75 Å². The highest BCUT2D eigenvalue weighted by atomic mass is 32.2. The molecular weight excluding hydrogens is 370 g/mol. The predicted molar refractivity (Wildman–Crippen MR) is 92.9 cm³/mol. The van der Waals surface area contributed by atoms with Gasteiger partial charge in [-0.05, 0) is 37.0 Å². The third kappa shape index (κ3) is 5.58. The van der Waals surface area contributed by atoms with Gasteiger partial charge >= 0.3 is 10.2 Å². The van der Waals surface area contributed by atoms with Crippen molar-refractivity contribution in [2.45, 2.75) is 25.7 Å². The molecule has 0 radical (unpaired) electrons. The van der Waals surface area contributed by atoms with E-state index in [1.165, 1.54) is 12.1 Å². The standard InChI is InChI=1S/C14H21N3O6S2/c1-24(20,21)15-8-4-2-3-5-11-6-7-12(13(18)9-11)17-10-14(19)16-25(17,22)23/h6-7,9,15,18H,2-5,8,10H2,1H3,(H,16,19). The molecule has 140 valence electrons. The summed E-state index contributed by atoms with van der Waals surface area (Å²) in [6.07, 6.45) is 4.09. The lowest BCUT2D eigenvalue weighted by molar-refractivity contribution is -0.117. The van der Waals surface area contributed by atoms with E-state index in [-0.39, 0.29) is 18.0 Å². The van der Waals surface area contributed by atoms with E-state index in [2.05, 4.69) is 4.72 Å². The minimum Gasteiger partial charge on any atom is -0.506 e. The predicted octanol–water partition coefficient (Wildman–Crippen LogP) is -0.165. The molecule has 1 aromatic carbocycles. The first kappa shape index (κ1) is 19.5. The first-order chi connectivity index (χ1) is 11.6. The Labute approximate surface area is 147 Å². The Hall–Kier alpha value is -1.85. The summed E-state index contributed by atoms with van der Waals surface area (Å²) in [5.41, 5.74) is 0.882. The SMILES string of the molecule is CS(=O)(=O)NCCCCCc1ccc(N2CC(=O)NS2(=O)=O)c(O)c1. The van der Waals surface area contributed by atoms with Gasteiger partial charge < -0.3 is 5.11 Å². The van der Waals surface area contributed by atoms with Crippen LogP contribution in [0.4, 0.5) is 5.69 Å². The third-order valence-corrected chi connectivity index (χ3v) is 5.76. The van der Waals surface area contributed by atoms with Crippen LogP contribution in [0.2, 0.25) is 0 Å². The van der Waals surface area contributed by atoms with Gasteiger partial charge in [0.1, 0.15) is 12.3 Å². The van der Waals surface area contributed by atoms with Crippen molar-refractivity contribution in [3.05, 3.63) is 23.8 Å². The fourth-order valence-corrected chi connectivity index (χ4v) is 4.16. The molecule has 1 heterocycles. The molecule has 1 aliphatic rings. The van der Waals surface area contributed by atoms with Crippen molar-refractivity contribution < 1.29 is 26.7 Å². The van der Waals surface area contributed by atoms with E-state index in [1.54, 1.807) is 6.07 Å². The molecule has 1 saturated heterocycles. The van der Waals surface area contributed by atoms with E-state index in [0.717, 1.165) is 29.0 Å². The van der Waals surface area contributed by atoms with Crippen LogP contribution in [0.3, 0.4) is 0 Å². The van der Waals surface area contributed by atoms with Gasteiger partial charge in [0.15, 0.2) is 0 Å². The van der Waals surface area contributed by atoms with Crippen LogP contribution in [0.1, 0.15) is 24.8 Å². The van der Waals surface area contributed by atoms with Crippen LogP contribution < -0.4 is 13.7 Å². The molecule has 0 unspecified atom stereocenters. The fourth-order valence-electron chi connectivity index (χ4n) is 2.49. The van der Waals surface area contributed by atoms with Crippen LogP contribution >= 0.6 is 0 Å². The van der Waals surface area contributed by atoms with E-state index < -0.39 is 26.1 Å². The number of nitrogens with zero attached hydrogens (tertiary/aromatic N) is 1. The molecular formula is C14H21N3O6S2. The van der Waals surface area contributed by atoms with Crippen molar-refractivity contribution in [1.82, 2.24) is 9.44 Å². The average molecular weight is 391 g/mol. The number of phenols is 1. The van der Waals surface area contributed by atoms with Gasteiger partial charge in [-0.15, -0.1) is 0 Å². The quantitative estimate of drug-likeness (QED) is 0.527. The summed E-state index contributed by atoms with van der Waals surface area (Å²) >= 11 is 0. The zero-order chi connectivity index (χ0) is 18.7. The van der Waals surface area contributed by atoms with Crippen molar-refractivity contribution in [3.63, 3.8) is 0 Å². The summed E-state index contributed by atoms with van der Waals surface area (Å²) in [5.74, 6) is -0.859. The summed E-state index contributed by atoms with van der Waals surface area (Å²) in [6.45, 7) is 0.0272. The molecule has 1 amide bonds. The summed E-state index contributed by atoms with van der Waals surface area (Å²) < 4.78 is 50.5. The fraction of sp³-hybridized carbons (Fsp3) is 0.500. The number of phenolic OH excluding ortho intramolecular Hbond substituents is 1. The number of unbranched alkanes of at least 4 members (excludes halogenated alkanes) is 2. The van der Waals surface area contributed by atoms with E-state index in [9.17, 15) is 26.7 Å². The lowest BCUT2D eigenvalue weighted by Gasteiger charge is -2.16. The number of aromatic hydroxyl groups is 1. The smallest absolute Gasteiger partial charge is 0.326 e. The van der Waals surface area contributed by atoms with Crippen LogP contribution in [-0.2, 0) is 31.4 Å². The second kappa shape index (κ2) is 7.58. The normalized spacial score (nSPS) is 16.8.